The standard InChI is InChI=1S/C30H35N/c1-4-21(3)22-16-18-23(19-17-22)24-10-8-11-25(20-24)26-13-9-15-29-30(26)27-12-6-7-14-28(27)31(29)5-2/h8-11,13,15-21,27-28H,4-7,12,14H2,1-3H3. The van der Waals surface area contributed by atoms with Gasteiger partial charge in [-0.15, -0.1) is 0 Å². The Morgan fingerprint density at radius 1 is 0.839 bits per heavy atom. The molecule has 1 heterocycles. The van der Waals surface area contributed by atoms with E-state index in [1.54, 1.807) is 5.56 Å². The van der Waals surface area contributed by atoms with E-state index >= 15 is 0 Å². The average molecular weight is 410 g/mol. The zero-order valence-corrected chi connectivity index (χ0v) is 19.3. The van der Waals surface area contributed by atoms with Gasteiger partial charge in [0.25, 0.3) is 0 Å². The normalized spacial score (nSPS) is 20.9. The number of likely N-dealkylation sites (N-methyl/N-ethyl adjacent to an activating group) is 1. The average Bonchev–Trinajstić information content (AvgIpc) is 3.17. The minimum atomic E-state index is 0.622. The van der Waals surface area contributed by atoms with Crippen LogP contribution in [-0.2, 0) is 0 Å². The lowest BCUT2D eigenvalue weighted by Gasteiger charge is -2.32. The van der Waals surface area contributed by atoms with Crippen molar-refractivity contribution in [3.05, 3.63) is 77.9 Å². The second kappa shape index (κ2) is 8.54. The predicted molar refractivity (Wildman–Crippen MR) is 134 cm³/mol. The molecule has 1 heteroatoms. The first-order valence-corrected chi connectivity index (χ1v) is 12.3. The van der Waals surface area contributed by atoms with Crippen molar-refractivity contribution in [3.8, 4) is 22.3 Å². The Labute approximate surface area is 188 Å². The van der Waals surface area contributed by atoms with Crippen LogP contribution >= 0.6 is 0 Å². The van der Waals surface area contributed by atoms with Gasteiger partial charge in [0, 0.05) is 24.2 Å². The van der Waals surface area contributed by atoms with Gasteiger partial charge >= 0.3 is 0 Å². The van der Waals surface area contributed by atoms with E-state index in [-0.39, 0.29) is 0 Å². The highest BCUT2D eigenvalue weighted by Crippen LogP contribution is 2.51. The molecule has 3 atom stereocenters. The summed E-state index contributed by atoms with van der Waals surface area (Å²) in [6.07, 6.45) is 6.61. The van der Waals surface area contributed by atoms with Crippen molar-refractivity contribution < 1.29 is 0 Å². The van der Waals surface area contributed by atoms with Gasteiger partial charge in [-0.25, -0.2) is 0 Å². The lowest BCUT2D eigenvalue weighted by atomic mass is 9.79. The van der Waals surface area contributed by atoms with Crippen LogP contribution in [0.5, 0.6) is 0 Å². The van der Waals surface area contributed by atoms with Gasteiger partial charge in [-0.3, -0.25) is 0 Å². The molecule has 1 aliphatic heterocycles. The Balaban J connectivity index is 1.54. The second-order valence-electron chi connectivity index (χ2n) is 9.49. The first-order chi connectivity index (χ1) is 15.2. The lowest BCUT2D eigenvalue weighted by Crippen LogP contribution is -2.35. The van der Waals surface area contributed by atoms with Crippen LogP contribution in [0.25, 0.3) is 22.3 Å². The Kier molecular flexibility index (Phi) is 5.61. The Morgan fingerprint density at radius 2 is 1.58 bits per heavy atom. The second-order valence-corrected chi connectivity index (χ2v) is 9.49. The number of fused-ring (bicyclic) bond motifs is 3. The van der Waals surface area contributed by atoms with Crippen molar-refractivity contribution in [2.45, 2.75) is 70.8 Å². The fourth-order valence-electron chi connectivity index (χ4n) is 5.96. The summed E-state index contributed by atoms with van der Waals surface area (Å²) in [4.78, 5) is 2.68. The molecule has 1 saturated carbocycles. The van der Waals surface area contributed by atoms with Crippen molar-refractivity contribution in [1.29, 1.82) is 0 Å². The summed E-state index contributed by atoms with van der Waals surface area (Å²) in [6, 6.07) is 26.1. The summed E-state index contributed by atoms with van der Waals surface area (Å²) in [5, 5.41) is 0. The number of anilines is 1. The van der Waals surface area contributed by atoms with Crippen LogP contribution < -0.4 is 4.90 Å². The first kappa shape index (κ1) is 20.4. The van der Waals surface area contributed by atoms with Crippen molar-refractivity contribution in [2.75, 3.05) is 11.4 Å². The maximum Gasteiger partial charge on any atom is 0.0411 e. The fraction of sp³-hybridized carbons (Fsp3) is 0.400. The van der Waals surface area contributed by atoms with Gasteiger partial charge in [0.15, 0.2) is 0 Å². The van der Waals surface area contributed by atoms with E-state index in [9.17, 15) is 0 Å². The minimum absolute atomic E-state index is 0.622. The Bertz CT molecular complexity index is 1050. The van der Waals surface area contributed by atoms with Gasteiger partial charge in [-0.2, -0.15) is 0 Å². The highest BCUT2D eigenvalue weighted by Gasteiger charge is 2.40. The Hall–Kier alpha value is -2.54. The van der Waals surface area contributed by atoms with E-state index in [4.69, 9.17) is 0 Å². The van der Waals surface area contributed by atoms with Crippen LogP contribution in [0.1, 0.15) is 75.8 Å². The molecule has 0 N–H and O–H groups in total. The molecule has 1 nitrogen and oxygen atoms in total. The van der Waals surface area contributed by atoms with Crippen molar-refractivity contribution >= 4 is 5.69 Å². The zero-order valence-electron chi connectivity index (χ0n) is 19.3. The molecule has 0 spiro atoms. The Morgan fingerprint density at radius 3 is 2.35 bits per heavy atom. The molecule has 1 fully saturated rings. The number of hydrogen-bond acceptors (Lipinski definition) is 1. The monoisotopic (exact) mass is 409 g/mol. The van der Waals surface area contributed by atoms with E-state index in [0.29, 0.717) is 17.9 Å². The summed E-state index contributed by atoms with van der Waals surface area (Å²) in [6.45, 7) is 8.00. The van der Waals surface area contributed by atoms with E-state index in [1.165, 1.54) is 65.6 Å². The SMILES string of the molecule is CCC(C)c1ccc(-c2cccc(-c3cccc4c3C3CCCCC3N4CC)c2)cc1. The molecule has 160 valence electrons. The zero-order chi connectivity index (χ0) is 21.4. The van der Waals surface area contributed by atoms with Crippen molar-refractivity contribution in [1.82, 2.24) is 0 Å². The summed E-state index contributed by atoms with van der Waals surface area (Å²) < 4.78 is 0. The molecule has 2 aliphatic rings. The fourth-order valence-corrected chi connectivity index (χ4v) is 5.96. The number of hydrogen-bond donors (Lipinski definition) is 0. The van der Waals surface area contributed by atoms with Gasteiger partial charge in [0.1, 0.15) is 0 Å². The summed E-state index contributed by atoms with van der Waals surface area (Å²) in [5.41, 5.74) is 9.97. The minimum Gasteiger partial charge on any atom is -0.368 e. The van der Waals surface area contributed by atoms with Gasteiger partial charge in [0.05, 0.1) is 0 Å². The molecule has 0 saturated heterocycles. The molecular weight excluding hydrogens is 374 g/mol. The first-order valence-electron chi connectivity index (χ1n) is 12.3. The van der Waals surface area contributed by atoms with E-state index in [2.05, 4.69) is 92.4 Å². The third-order valence-corrected chi connectivity index (χ3v) is 7.83. The maximum atomic E-state index is 2.68. The van der Waals surface area contributed by atoms with Crippen LogP contribution in [0, 0.1) is 0 Å². The summed E-state index contributed by atoms with van der Waals surface area (Å²) >= 11 is 0. The van der Waals surface area contributed by atoms with Crippen LogP contribution in [0.2, 0.25) is 0 Å². The molecule has 3 aromatic rings. The van der Waals surface area contributed by atoms with Crippen LogP contribution in [0.15, 0.2) is 66.7 Å². The molecule has 1 aliphatic carbocycles. The van der Waals surface area contributed by atoms with Crippen LogP contribution in [-0.4, -0.2) is 12.6 Å². The quantitative estimate of drug-likeness (QED) is 0.409. The molecule has 0 radical (unpaired) electrons. The molecule has 0 bridgehead atoms. The lowest BCUT2D eigenvalue weighted by molar-refractivity contribution is 0.389. The van der Waals surface area contributed by atoms with E-state index in [1.807, 2.05) is 0 Å². The molecular formula is C30H35N. The van der Waals surface area contributed by atoms with Crippen LogP contribution in [0.3, 0.4) is 0 Å². The van der Waals surface area contributed by atoms with E-state index in [0.717, 1.165) is 6.54 Å². The van der Waals surface area contributed by atoms with Gasteiger partial charge in [-0.1, -0.05) is 81.3 Å². The molecule has 31 heavy (non-hydrogen) atoms. The third-order valence-electron chi connectivity index (χ3n) is 7.83. The highest BCUT2D eigenvalue weighted by molar-refractivity contribution is 5.81. The maximum absolute atomic E-state index is 2.68. The topological polar surface area (TPSA) is 3.24 Å². The summed E-state index contributed by atoms with van der Waals surface area (Å²) in [7, 11) is 0. The van der Waals surface area contributed by atoms with Crippen molar-refractivity contribution in [2.24, 2.45) is 0 Å². The van der Waals surface area contributed by atoms with Crippen molar-refractivity contribution in [3.63, 3.8) is 0 Å². The molecule has 5 rings (SSSR count). The summed E-state index contributed by atoms with van der Waals surface area (Å²) in [5.74, 6) is 1.32. The van der Waals surface area contributed by atoms with E-state index < -0.39 is 0 Å². The third kappa shape index (κ3) is 3.59. The number of nitrogens with zero attached hydrogens (tertiary/aromatic N) is 1. The largest absolute Gasteiger partial charge is 0.368 e. The van der Waals surface area contributed by atoms with Gasteiger partial charge in [-0.05, 0) is 77.6 Å². The number of benzene rings is 3. The molecule has 3 aromatic carbocycles. The van der Waals surface area contributed by atoms with Gasteiger partial charge in [0.2, 0.25) is 0 Å². The molecule has 3 unspecified atom stereocenters. The smallest absolute Gasteiger partial charge is 0.0411 e. The predicted octanol–water partition coefficient (Wildman–Crippen LogP) is 8.40. The van der Waals surface area contributed by atoms with Gasteiger partial charge < -0.3 is 4.90 Å². The molecule has 0 amide bonds. The highest BCUT2D eigenvalue weighted by atomic mass is 15.2. The number of rotatable bonds is 5. The molecule has 0 aromatic heterocycles. The van der Waals surface area contributed by atoms with Crippen LogP contribution in [0.4, 0.5) is 5.69 Å².